The minimum atomic E-state index is 0.421. The van der Waals surface area contributed by atoms with E-state index in [0.717, 1.165) is 18.7 Å². The molecule has 0 aliphatic carbocycles. The lowest BCUT2D eigenvalue weighted by Crippen LogP contribution is -2.19. The summed E-state index contributed by atoms with van der Waals surface area (Å²) in [5, 5.41) is 3.95. The first-order chi connectivity index (χ1) is 8.65. The van der Waals surface area contributed by atoms with Crippen LogP contribution in [-0.4, -0.2) is 29.9 Å². The van der Waals surface area contributed by atoms with Crippen LogP contribution in [0.3, 0.4) is 0 Å². The minimum absolute atomic E-state index is 0.421. The lowest BCUT2D eigenvalue weighted by Gasteiger charge is -2.14. The Balaban J connectivity index is 2.41. The first-order valence-electron chi connectivity index (χ1n) is 6.75. The fraction of sp³-hybridized carbons (Fsp3) is 0.846. The average Bonchev–Trinajstić information content (AvgIpc) is 2.76. The Morgan fingerprint density at radius 2 is 2.17 bits per heavy atom. The van der Waals surface area contributed by atoms with Gasteiger partial charge in [-0.15, -0.1) is 0 Å². The molecule has 0 aromatic carbocycles. The zero-order chi connectivity index (χ0) is 13.4. The van der Waals surface area contributed by atoms with Crippen LogP contribution in [0.5, 0.6) is 0 Å². The monoisotopic (exact) mass is 255 g/mol. The second-order valence-corrected chi connectivity index (χ2v) is 4.99. The van der Waals surface area contributed by atoms with E-state index >= 15 is 0 Å². The van der Waals surface area contributed by atoms with E-state index in [4.69, 9.17) is 15.0 Å². The van der Waals surface area contributed by atoms with Crippen LogP contribution in [0.15, 0.2) is 4.52 Å². The quantitative estimate of drug-likeness (QED) is 0.681. The number of nitrogens with zero attached hydrogens (tertiary/aromatic N) is 2. The summed E-state index contributed by atoms with van der Waals surface area (Å²) in [5.41, 5.74) is 5.76. The van der Waals surface area contributed by atoms with Gasteiger partial charge in [0, 0.05) is 19.4 Å². The van der Waals surface area contributed by atoms with Crippen molar-refractivity contribution in [2.24, 2.45) is 17.6 Å². The average molecular weight is 255 g/mol. The number of aromatic nitrogens is 2. The Labute approximate surface area is 109 Å². The molecule has 0 aliphatic rings. The Bertz CT molecular complexity index is 326. The van der Waals surface area contributed by atoms with Gasteiger partial charge in [-0.2, -0.15) is 4.98 Å². The Morgan fingerprint density at radius 3 is 2.78 bits per heavy atom. The smallest absolute Gasteiger partial charge is 0.226 e. The molecule has 104 valence electrons. The third-order valence-electron chi connectivity index (χ3n) is 2.79. The molecular formula is C13H25N3O2. The maximum absolute atomic E-state index is 5.76. The molecule has 0 fully saturated rings. The molecule has 18 heavy (non-hydrogen) atoms. The van der Waals surface area contributed by atoms with Crippen LogP contribution in [0, 0.1) is 11.8 Å². The molecule has 1 rings (SSSR count). The third-order valence-corrected chi connectivity index (χ3v) is 2.79. The van der Waals surface area contributed by atoms with E-state index in [-0.39, 0.29) is 0 Å². The van der Waals surface area contributed by atoms with E-state index in [9.17, 15) is 0 Å². The largest absolute Gasteiger partial charge is 0.381 e. The molecule has 0 radical (unpaired) electrons. The van der Waals surface area contributed by atoms with E-state index in [0.29, 0.717) is 43.9 Å². The predicted octanol–water partition coefficient (Wildman–Crippen LogP) is 1.81. The molecule has 0 amide bonds. The van der Waals surface area contributed by atoms with Gasteiger partial charge in [0.2, 0.25) is 5.89 Å². The molecular weight excluding hydrogens is 230 g/mol. The normalized spacial score (nSPS) is 13.2. The summed E-state index contributed by atoms with van der Waals surface area (Å²) in [6.45, 7) is 8.39. The number of rotatable bonds is 9. The summed E-state index contributed by atoms with van der Waals surface area (Å²) in [6, 6.07) is 0. The maximum atomic E-state index is 5.76. The lowest BCUT2D eigenvalue weighted by atomic mass is 9.94. The number of hydrogen-bond acceptors (Lipinski definition) is 5. The highest BCUT2D eigenvalue weighted by molar-refractivity contribution is 4.88. The van der Waals surface area contributed by atoms with Crippen molar-refractivity contribution in [2.75, 3.05) is 19.8 Å². The van der Waals surface area contributed by atoms with E-state index in [1.54, 1.807) is 0 Å². The highest BCUT2D eigenvalue weighted by Gasteiger charge is 2.14. The Kier molecular flexibility index (Phi) is 6.90. The van der Waals surface area contributed by atoms with Gasteiger partial charge in [-0.1, -0.05) is 19.0 Å². The van der Waals surface area contributed by atoms with Crippen LogP contribution in [0.25, 0.3) is 0 Å². The molecule has 0 bridgehead atoms. The van der Waals surface area contributed by atoms with E-state index in [1.807, 2.05) is 6.92 Å². The van der Waals surface area contributed by atoms with Crippen LogP contribution in [0.2, 0.25) is 0 Å². The Hall–Kier alpha value is -0.940. The van der Waals surface area contributed by atoms with Gasteiger partial charge in [0.25, 0.3) is 0 Å². The number of hydrogen-bond donors (Lipinski definition) is 1. The first kappa shape index (κ1) is 15.1. The Morgan fingerprint density at radius 1 is 1.39 bits per heavy atom. The summed E-state index contributed by atoms with van der Waals surface area (Å²) >= 11 is 0. The fourth-order valence-corrected chi connectivity index (χ4v) is 1.96. The van der Waals surface area contributed by atoms with Crippen molar-refractivity contribution < 1.29 is 9.26 Å². The standard InChI is InChI=1S/C13H25N3O2/c1-4-17-6-5-12-15-13(18-16-12)8-11(9-14)7-10(2)3/h10-11H,4-9,14H2,1-3H3. The van der Waals surface area contributed by atoms with Crippen LogP contribution < -0.4 is 5.73 Å². The van der Waals surface area contributed by atoms with Gasteiger partial charge in [0.1, 0.15) is 0 Å². The summed E-state index contributed by atoms with van der Waals surface area (Å²) in [5.74, 6) is 2.47. The molecule has 2 N–H and O–H groups in total. The molecule has 1 aromatic heterocycles. The van der Waals surface area contributed by atoms with Gasteiger partial charge in [-0.05, 0) is 31.7 Å². The van der Waals surface area contributed by atoms with Gasteiger partial charge < -0.3 is 15.0 Å². The van der Waals surface area contributed by atoms with Gasteiger partial charge in [-0.3, -0.25) is 0 Å². The van der Waals surface area contributed by atoms with Gasteiger partial charge >= 0.3 is 0 Å². The van der Waals surface area contributed by atoms with E-state index in [2.05, 4.69) is 24.0 Å². The van der Waals surface area contributed by atoms with Gasteiger partial charge in [-0.25, -0.2) is 0 Å². The van der Waals surface area contributed by atoms with Crippen molar-refractivity contribution in [3.63, 3.8) is 0 Å². The number of nitrogens with two attached hydrogens (primary N) is 1. The number of ether oxygens (including phenoxy) is 1. The molecule has 1 heterocycles. The van der Waals surface area contributed by atoms with Crippen molar-refractivity contribution in [1.29, 1.82) is 0 Å². The van der Waals surface area contributed by atoms with Crippen molar-refractivity contribution in [2.45, 2.75) is 40.0 Å². The molecule has 5 heteroatoms. The van der Waals surface area contributed by atoms with Crippen LogP contribution in [0.1, 0.15) is 38.9 Å². The van der Waals surface area contributed by atoms with Crippen LogP contribution >= 0.6 is 0 Å². The lowest BCUT2D eigenvalue weighted by molar-refractivity contribution is 0.149. The summed E-state index contributed by atoms with van der Waals surface area (Å²) in [7, 11) is 0. The molecule has 0 aliphatic heterocycles. The zero-order valence-corrected chi connectivity index (χ0v) is 11.7. The zero-order valence-electron chi connectivity index (χ0n) is 11.7. The predicted molar refractivity (Wildman–Crippen MR) is 70.2 cm³/mol. The minimum Gasteiger partial charge on any atom is -0.381 e. The third kappa shape index (κ3) is 5.60. The van der Waals surface area contributed by atoms with Crippen LogP contribution in [-0.2, 0) is 17.6 Å². The first-order valence-corrected chi connectivity index (χ1v) is 6.75. The molecule has 1 atom stereocenters. The second kappa shape index (κ2) is 8.21. The summed E-state index contributed by atoms with van der Waals surface area (Å²) in [4.78, 5) is 4.36. The topological polar surface area (TPSA) is 74.2 Å². The highest BCUT2D eigenvalue weighted by atomic mass is 16.5. The van der Waals surface area contributed by atoms with Gasteiger partial charge in [0.05, 0.1) is 6.61 Å². The van der Waals surface area contributed by atoms with Gasteiger partial charge in [0.15, 0.2) is 5.82 Å². The summed E-state index contributed by atoms with van der Waals surface area (Å²) < 4.78 is 10.5. The van der Waals surface area contributed by atoms with Crippen molar-refractivity contribution in [3.8, 4) is 0 Å². The van der Waals surface area contributed by atoms with Crippen molar-refractivity contribution >= 4 is 0 Å². The second-order valence-electron chi connectivity index (χ2n) is 4.99. The van der Waals surface area contributed by atoms with Crippen LogP contribution in [0.4, 0.5) is 0 Å². The molecule has 0 saturated carbocycles. The molecule has 1 aromatic rings. The van der Waals surface area contributed by atoms with E-state index in [1.165, 1.54) is 0 Å². The fourth-order valence-electron chi connectivity index (χ4n) is 1.96. The summed E-state index contributed by atoms with van der Waals surface area (Å²) in [6.07, 6.45) is 2.57. The molecule has 0 saturated heterocycles. The van der Waals surface area contributed by atoms with Crippen molar-refractivity contribution in [1.82, 2.24) is 10.1 Å². The molecule has 5 nitrogen and oxygen atoms in total. The molecule has 0 spiro atoms. The highest BCUT2D eigenvalue weighted by Crippen LogP contribution is 2.15. The molecule has 1 unspecified atom stereocenters. The SMILES string of the molecule is CCOCCc1noc(CC(CN)CC(C)C)n1. The maximum Gasteiger partial charge on any atom is 0.226 e. The van der Waals surface area contributed by atoms with E-state index < -0.39 is 0 Å². The van der Waals surface area contributed by atoms with Crippen molar-refractivity contribution in [3.05, 3.63) is 11.7 Å².